The van der Waals surface area contributed by atoms with Crippen LogP contribution in [0.25, 0.3) is 0 Å². The Labute approximate surface area is 106 Å². The molecule has 0 radical (unpaired) electrons. The monoisotopic (exact) mass is 313 g/mol. The van der Waals surface area contributed by atoms with Crippen molar-refractivity contribution in [2.75, 3.05) is 12.9 Å². The molecule has 16 heavy (non-hydrogen) atoms. The predicted molar refractivity (Wildman–Crippen MR) is 69.9 cm³/mol. The fourth-order valence-electron chi connectivity index (χ4n) is 1.29. The molecule has 0 aromatic heterocycles. The number of hydrogen-bond donors (Lipinski definition) is 2. The van der Waals surface area contributed by atoms with Crippen LogP contribution in [0.3, 0.4) is 0 Å². The number of hydrogen-bond acceptors (Lipinski definition) is 3. The molecule has 0 bridgehead atoms. The van der Waals surface area contributed by atoms with E-state index in [4.69, 9.17) is 5.11 Å². The molecule has 0 aliphatic rings. The van der Waals surface area contributed by atoms with Crippen molar-refractivity contribution in [3.63, 3.8) is 0 Å². The maximum atomic E-state index is 11.1. The van der Waals surface area contributed by atoms with Crippen molar-refractivity contribution in [1.29, 1.82) is 0 Å². The Kier molecular flexibility index (Phi) is 7.46. The minimum absolute atomic E-state index is 0.0220. The first-order valence-electron chi connectivity index (χ1n) is 5.19. The summed E-state index contributed by atoms with van der Waals surface area (Å²) in [5, 5.41) is 8.77. The Bertz CT molecular complexity index is 325. The van der Waals surface area contributed by atoms with Gasteiger partial charge in [-0.15, -0.1) is 0 Å². The number of nitrogens with one attached hydrogen (secondary N) is 1. The van der Waals surface area contributed by atoms with Crippen LogP contribution in [0.5, 0.6) is 0 Å². The van der Waals surface area contributed by atoms with E-state index in [1.54, 1.807) is 0 Å². The highest BCUT2D eigenvalue weighted by atomic mass is 79.9. The first-order chi connectivity index (χ1) is 7.26. The molecular formula is C10H20BrNO3S. The van der Waals surface area contributed by atoms with Gasteiger partial charge in [0.25, 0.3) is 0 Å². The highest BCUT2D eigenvalue weighted by Gasteiger charge is 2.16. The Morgan fingerprint density at radius 2 is 2.06 bits per heavy atom. The second-order valence-electron chi connectivity index (χ2n) is 4.13. The Hall–Kier alpha value is 0.0900. The van der Waals surface area contributed by atoms with E-state index in [1.165, 1.54) is 6.26 Å². The number of aliphatic hydroxyl groups is 1. The Balaban J connectivity index is 4.26. The molecule has 0 aliphatic heterocycles. The first-order valence-corrected chi connectivity index (χ1v) is 7.87. The lowest BCUT2D eigenvalue weighted by molar-refractivity contribution is 0.339. The zero-order valence-electron chi connectivity index (χ0n) is 9.90. The molecule has 0 spiro atoms. The lowest BCUT2D eigenvalue weighted by Gasteiger charge is -2.20. The van der Waals surface area contributed by atoms with Gasteiger partial charge in [0, 0.05) is 10.5 Å². The Morgan fingerprint density at radius 1 is 1.50 bits per heavy atom. The zero-order chi connectivity index (χ0) is 12.8. The molecule has 0 heterocycles. The van der Waals surface area contributed by atoms with Crippen LogP contribution in [-0.4, -0.2) is 32.4 Å². The fourth-order valence-corrected chi connectivity index (χ4v) is 2.46. The summed E-state index contributed by atoms with van der Waals surface area (Å²) in [5.41, 5.74) is 0. The third-order valence-electron chi connectivity index (χ3n) is 2.16. The van der Waals surface area contributed by atoms with E-state index in [-0.39, 0.29) is 18.6 Å². The number of halogens is 1. The standard InChI is InChI=1S/C10H20BrNO3S/c1-8(2)10(12-16(3,14)15)6-4-5-9(11)7-13/h5,8,10,12-13H,4,6-7H2,1-3H3/b9-5-/t10-/m1/s1. The molecule has 0 saturated carbocycles. The van der Waals surface area contributed by atoms with E-state index >= 15 is 0 Å². The summed E-state index contributed by atoms with van der Waals surface area (Å²) in [6.45, 7) is 3.94. The second kappa shape index (κ2) is 7.42. The lowest BCUT2D eigenvalue weighted by Crippen LogP contribution is -2.37. The van der Waals surface area contributed by atoms with E-state index in [2.05, 4.69) is 20.7 Å². The summed E-state index contributed by atoms with van der Waals surface area (Å²) < 4.78 is 25.6. The van der Waals surface area contributed by atoms with Crippen LogP contribution in [0.2, 0.25) is 0 Å². The van der Waals surface area contributed by atoms with Crippen molar-refractivity contribution >= 4 is 26.0 Å². The quantitative estimate of drug-likeness (QED) is 0.750. The highest BCUT2D eigenvalue weighted by molar-refractivity contribution is 9.11. The topological polar surface area (TPSA) is 66.4 Å². The van der Waals surface area contributed by atoms with Gasteiger partial charge < -0.3 is 5.11 Å². The van der Waals surface area contributed by atoms with Gasteiger partial charge in [0.15, 0.2) is 0 Å². The van der Waals surface area contributed by atoms with Gasteiger partial charge in [-0.1, -0.05) is 35.9 Å². The van der Waals surface area contributed by atoms with Crippen LogP contribution in [0.15, 0.2) is 10.6 Å². The average molecular weight is 314 g/mol. The van der Waals surface area contributed by atoms with E-state index < -0.39 is 10.0 Å². The molecule has 2 N–H and O–H groups in total. The molecule has 1 atom stereocenters. The van der Waals surface area contributed by atoms with E-state index in [0.29, 0.717) is 0 Å². The molecule has 0 saturated heterocycles. The van der Waals surface area contributed by atoms with Gasteiger partial charge in [0.1, 0.15) is 0 Å². The molecule has 96 valence electrons. The SMILES string of the molecule is CC(C)[C@@H](CC/C=C(\Br)CO)NS(C)(=O)=O. The molecule has 0 fully saturated rings. The third-order valence-corrected chi connectivity index (χ3v) is 3.47. The smallest absolute Gasteiger partial charge is 0.208 e. The van der Waals surface area contributed by atoms with Crippen molar-refractivity contribution < 1.29 is 13.5 Å². The summed E-state index contributed by atoms with van der Waals surface area (Å²) in [6.07, 6.45) is 4.48. The summed E-state index contributed by atoms with van der Waals surface area (Å²) in [4.78, 5) is 0. The average Bonchev–Trinajstić information content (AvgIpc) is 2.13. The molecule has 4 nitrogen and oxygen atoms in total. The maximum absolute atomic E-state index is 11.1. The van der Waals surface area contributed by atoms with Gasteiger partial charge in [-0.25, -0.2) is 13.1 Å². The van der Waals surface area contributed by atoms with Gasteiger partial charge >= 0.3 is 0 Å². The van der Waals surface area contributed by atoms with Crippen molar-refractivity contribution in [2.24, 2.45) is 5.92 Å². The van der Waals surface area contributed by atoms with E-state index in [0.717, 1.165) is 17.3 Å². The van der Waals surface area contributed by atoms with Crippen LogP contribution >= 0.6 is 15.9 Å². The minimum atomic E-state index is -3.16. The summed E-state index contributed by atoms with van der Waals surface area (Å²) in [5.74, 6) is 0.246. The fraction of sp³-hybridized carbons (Fsp3) is 0.800. The second-order valence-corrected chi connectivity index (χ2v) is 6.93. The van der Waals surface area contributed by atoms with E-state index in [1.807, 2.05) is 19.9 Å². The van der Waals surface area contributed by atoms with Gasteiger partial charge in [-0.3, -0.25) is 0 Å². The lowest BCUT2D eigenvalue weighted by atomic mass is 10.0. The minimum Gasteiger partial charge on any atom is -0.391 e. The third kappa shape index (κ3) is 8.27. The number of aliphatic hydroxyl groups excluding tert-OH is 1. The molecular weight excluding hydrogens is 294 g/mol. The van der Waals surface area contributed by atoms with Gasteiger partial charge in [0.2, 0.25) is 10.0 Å². The van der Waals surface area contributed by atoms with Crippen LogP contribution < -0.4 is 4.72 Å². The van der Waals surface area contributed by atoms with Gasteiger partial charge in [-0.05, 0) is 18.8 Å². The van der Waals surface area contributed by atoms with Gasteiger partial charge in [-0.2, -0.15) is 0 Å². The van der Waals surface area contributed by atoms with Gasteiger partial charge in [0.05, 0.1) is 12.9 Å². The largest absolute Gasteiger partial charge is 0.391 e. The molecule has 0 amide bonds. The number of sulfonamides is 1. The highest BCUT2D eigenvalue weighted by Crippen LogP contribution is 2.12. The molecule has 0 aromatic rings. The molecule has 0 rings (SSSR count). The van der Waals surface area contributed by atoms with Crippen molar-refractivity contribution in [3.05, 3.63) is 10.6 Å². The number of allylic oxidation sites excluding steroid dienone is 1. The van der Waals surface area contributed by atoms with Crippen LogP contribution in [0, 0.1) is 5.92 Å². The maximum Gasteiger partial charge on any atom is 0.208 e. The zero-order valence-corrected chi connectivity index (χ0v) is 12.3. The van der Waals surface area contributed by atoms with Crippen molar-refractivity contribution in [2.45, 2.75) is 32.7 Å². The normalized spacial score (nSPS) is 15.5. The summed E-state index contributed by atoms with van der Waals surface area (Å²) >= 11 is 3.20. The van der Waals surface area contributed by atoms with Crippen LogP contribution in [-0.2, 0) is 10.0 Å². The van der Waals surface area contributed by atoms with Crippen LogP contribution in [0.4, 0.5) is 0 Å². The Morgan fingerprint density at radius 3 is 2.44 bits per heavy atom. The first kappa shape index (κ1) is 16.1. The molecule has 6 heteroatoms. The molecule has 0 aliphatic carbocycles. The summed E-state index contributed by atoms with van der Waals surface area (Å²) in [7, 11) is -3.16. The predicted octanol–water partition coefficient (Wildman–Crippen LogP) is 1.61. The summed E-state index contributed by atoms with van der Waals surface area (Å²) in [6, 6.07) is -0.0646. The van der Waals surface area contributed by atoms with Crippen molar-refractivity contribution in [3.8, 4) is 0 Å². The van der Waals surface area contributed by atoms with E-state index in [9.17, 15) is 8.42 Å². The molecule has 0 aromatic carbocycles. The molecule has 0 unspecified atom stereocenters. The van der Waals surface area contributed by atoms with Crippen molar-refractivity contribution in [1.82, 2.24) is 4.72 Å². The number of rotatable bonds is 7. The van der Waals surface area contributed by atoms with Crippen LogP contribution in [0.1, 0.15) is 26.7 Å².